The van der Waals surface area contributed by atoms with Crippen molar-refractivity contribution in [2.45, 2.75) is 6.92 Å². The van der Waals surface area contributed by atoms with E-state index in [-0.39, 0.29) is 0 Å². The molecule has 0 aliphatic rings. The maximum atomic E-state index is 4.45. The van der Waals surface area contributed by atoms with Gasteiger partial charge in [-0.2, -0.15) is 4.98 Å². The topological polar surface area (TPSA) is 53.9 Å². The minimum atomic E-state index is 0.588. The summed E-state index contributed by atoms with van der Waals surface area (Å²) in [6.45, 7) is 1.99. The molecule has 0 aromatic carbocycles. The summed E-state index contributed by atoms with van der Waals surface area (Å²) in [4.78, 5) is 14.6. The van der Waals surface area contributed by atoms with E-state index in [1.807, 2.05) is 44.2 Å². The van der Waals surface area contributed by atoms with Crippen LogP contribution < -0.4 is 10.2 Å². The molecule has 0 spiro atoms. The van der Waals surface area contributed by atoms with Crippen LogP contribution >= 0.6 is 0 Å². The van der Waals surface area contributed by atoms with Crippen LogP contribution in [-0.4, -0.2) is 29.0 Å². The van der Waals surface area contributed by atoms with Crippen molar-refractivity contribution < 1.29 is 0 Å². The average Bonchev–Trinajstić information content (AvgIpc) is 2.32. The molecule has 2 aromatic rings. The molecular weight excluding hydrogens is 214 g/mol. The van der Waals surface area contributed by atoms with Gasteiger partial charge in [-0.15, -0.1) is 0 Å². The molecule has 0 saturated carbocycles. The Balaban J connectivity index is 2.26. The van der Waals surface area contributed by atoms with Crippen LogP contribution in [0, 0.1) is 6.92 Å². The molecule has 2 aromatic heterocycles. The summed E-state index contributed by atoms with van der Waals surface area (Å²) in [5.74, 6) is 1.50. The highest BCUT2D eigenvalue weighted by Gasteiger charge is 2.05. The van der Waals surface area contributed by atoms with Crippen molar-refractivity contribution in [3.05, 3.63) is 36.3 Å². The quantitative estimate of drug-likeness (QED) is 0.872. The summed E-state index contributed by atoms with van der Waals surface area (Å²) in [5.41, 5.74) is 1.98. The first kappa shape index (κ1) is 11.3. The number of hydrogen-bond donors (Lipinski definition) is 1. The monoisotopic (exact) mass is 229 g/mol. The number of aromatic nitrogens is 3. The molecule has 0 saturated heterocycles. The van der Waals surface area contributed by atoms with Crippen LogP contribution in [0.4, 0.5) is 17.5 Å². The summed E-state index contributed by atoms with van der Waals surface area (Å²) >= 11 is 0. The zero-order chi connectivity index (χ0) is 12.3. The highest BCUT2D eigenvalue weighted by molar-refractivity contribution is 5.55. The van der Waals surface area contributed by atoms with Gasteiger partial charge in [0.05, 0.1) is 0 Å². The van der Waals surface area contributed by atoms with E-state index in [1.54, 1.807) is 12.4 Å². The fraction of sp³-hybridized carbons (Fsp3) is 0.250. The van der Waals surface area contributed by atoms with Crippen LogP contribution in [-0.2, 0) is 0 Å². The Bertz CT molecular complexity index is 496. The lowest BCUT2D eigenvalue weighted by Gasteiger charge is -2.15. The molecule has 0 radical (unpaired) electrons. The Hall–Kier alpha value is -2.17. The first-order chi connectivity index (χ1) is 8.16. The van der Waals surface area contributed by atoms with E-state index in [4.69, 9.17) is 0 Å². The fourth-order valence-corrected chi connectivity index (χ4v) is 1.51. The minimum Gasteiger partial charge on any atom is -0.362 e. The van der Waals surface area contributed by atoms with Crippen molar-refractivity contribution in [1.82, 2.24) is 15.0 Å². The maximum Gasteiger partial charge on any atom is 0.229 e. The minimum absolute atomic E-state index is 0.588. The van der Waals surface area contributed by atoms with E-state index >= 15 is 0 Å². The number of nitrogens with zero attached hydrogens (tertiary/aromatic N) is 4. The lowest BCUT2D eigenvalue weighted by molar-refractivity contribution is 1.02. The molecule has 0 fully saturated rings. The zero-order valence-corrected chi connectivity index (χ0v) is 10.2. The second-order valence-electron chi connectivity index (χ2n) is 3.96. The summed E-state index contributed by atoms with van der Waals surface area (Å²) in [6.07, 6.45) is 5.26. The van der Waals surface area contributed by atoms with Crippen molar-refractivity contribution in [2.24, 2.45) is 0 Å². The van der Waals surface area contributed by atoms with Gasteiger partial charge in [0.1, 0.15) is 5.82 Å². The summed E-state index contributed by atoms with van der Waals surface area (Å²) in [7, 11) is 3.93. The molecule has 0 atom stereocenters. The second-order valence-corrected chi connectivity index (χ2v) is 3.96. The molecule has 88 valence electrons. The van der Waals surface area contributed by atoms with E-state index in [2.05, 4.69) is 20.3 Å². The number of hydrogen-bond acceptors (Lipinski definition) is 5. The molecule has 2 rings (SSSR count). The van der Waals surface area contributed by atoms with Gasteiger partial charge < -0.3 is 10.2 Å². The van der Waals surface area contributed by atoms with Crippen LogP contribution in [0.5, 0.6) is 0 Å². The van der Waals surface area contributed by atoms with Crippen LogP contribution in [0.25, 0.3) is 0 Å². The third-order valence-corrected chi connectivity index (χ3v) is 2.31. The van der Waals surface area contributed by atoms with E-state index < -0.39 is 0 Å². The standard InChI is InChI=1S/C12H15N5/c1-9-8-14-12(16-11(9)17(2)3)15-10-4-6-13-7-5-10/h4-8H,1-3H3,(H,13,14,15,16). The van der Waals surface area contributed by atoms with Crippen LogP contribution in [0.15, 0.2) is 30.7 Å². The normalized spacial score (nSPS) is 10.1. The predicted octanol–water partition coefficient (Wildman–Crippen LogP) is 1.99. The van der Waals surface area contributed by atoms with Crippen LogP contribution in [0.3, 0.4) is 0 Å². The maximum absolute atomic E-state index is 4.45. The highest BCUT2D eigenvalue weighted by atomic mass is 15.2. The number of pyridine rings is 1. The highest BCUT2D eigenvalue weighted by Crippen LogP contribution is 2.17. The smallest absolute Gasteiger partial charge is 0.229 e. The molecule has 0 bridgehead atoms. The van der Waals surface area contributed by atoms with Crippen molar-refractivity contribution in [2.75, 3.05) is 24.3 Å². The van der Waals surface area contributed by atoms with E-state index in [9.17, 15) is 0 Å². The van der Waals surface area contributed by atoms with Gasteiger partial charge in [0.2, 0.25) is 5.95 Å². The molecule has 0 aliphatic carbocycles. The largest absolute Gasteiger partial charge is 0.362 e. The molecule has 5 nitrogen and oxygen atoms in total. The van der Waals surface area contributed by atoms with Gasteiger partial charge in [-0.25, -0.2) is 4.98 Å². The van der Waals surface area contributed by atoms with Gasteiger partial charge in [-0.05, 0) is 19.1 Å². The van der Waals surface area contributed by atoms with Crippen molar-refractivity contribution in [3.63, 3.8) is 0 Å². The molecule has 1 N–H and O–H groups in total. The van der Waals surface area contributed by atoms with Gasteiger partial charge in [-0.3, -0.25) is 4.98 Å². The number of anilines is 3. The van der Waals surface area contributed by atoms with Gasteiger partial charge in [0.25, 0.3) is 0 Å². The van der Waals surface area contributed by atoms with Crippen LogP contribution in [0.1, 0.15) is 5.56 Å². The lowest BCUT2D eigenvalue weighted by Crippen LogP contribution is -2.13. The molecule has 2 heterocycles. The van der Waals surface area contributed by atoms with Gasteiger partial charge in [0.15, 0.2) is 0 Å². The molecule has 17 heavy (non-hydrogen) atoms. The van der Waals surface area contributed by atoms with E-state index in [1.165, 1.54) is 0 Å². The number of nitrogens with one attached hydrogen (secondary N) is 1. The van der Waals surface area contributed by atoms with E-state index in [0.29, 0.717) is 5.95 Å². The van der Waals surface area contributed by atoms with Crippen LogP contribution in [0.2, 0.25) is 0 Å². The Morgan fingerprint density at radius 3 is 2.53 bits per heavy atom. The molecule has 0 unspecified atom stereocenters. The van der Waals surface area contributed by atoms with Gasteiger partial charge in [0, 0.05) is 43.9 Å². The second kappa shape index (κ2) is 4.78. The Morgan fingerprint density at radius 1 is 1.18 bits per heavy atom. The lowest BCUT2D eigenvalue weighted by atomic mass is 10.3. The first-order valence-electron chi connectivity index (χ1n) is 5.35. The molecule has 0 aliphatic heterocycles. The summed E-state index contributed by atoms with van der Waals surface area (Å²) in [5, 5.41) is 3.14. The molecular formula is C12H15N5. The van der Waals surface area contributed by atoms with Crippen molar-refractivity contribution in [1.29, 1.82) is 0 Å². The van der Waals surface area contributed by atoms with Gasteiger partial charge >= 0.3 is 0 Å². The Kier molecular flexibility index (Phi) is 3.18. The summed E-state index contributed by atoms with van der Waals surface area (Å²) in [6, 6.07) is 3.75. The molecule has 5 heteroatoms. The first-order valence-corrected chi connectivity index (χ1v) is 5.35. The Labute approximate surface area is 101 Å². The summed E-state index contributed by atoms with van der Waals surface area (Å²) < 4.78 is 0. The fourth-order valence-electron chi connectivity index (χ4n) is 1.51. The van der Waals surface area contributed by atoms with Gasteiger partial charge in [-0.1, -0.05) is 0 Å². The zero-order valence-electron chi connectivity index (χ0n) is 10.2. The average molecular weight is 229 g/mol. The number of rotatable bonds is 3. The van der Waals surface area contributed by atoms with Crippen molar-refractivity contribution in [3.8, 4) is 0 Å². The van der Waals surface area contributed by atoms with Crippen molar-refractivity contribution >= 4 is 17.5 Å². The SMILES string of the molecule is Cc1cnc(Nc2ccncc2)nc1N(C)C. The number of aryl methyl sites for hydroxylation is 1. The van der Waals surface area contributed by atoms with E-state index in [0.717, 1.165) is 17.1 Å². The third-order valence-electron chi connectivity index (χ3n) is 2.31. The predicted molar refractivity (Wildman–Crippen MR) is 68.6 cm³/mol. The molecule has 0 amide bonds. The third kappa shape index (κ3) is 2.69. The Morgan fingerprint density at radius 2 is 1.88 bits per heavy atom.